The van der Waals surface area contributed by atoms with E-state index in [-0.39, 0.29) is 16.8 Å². The molecule has 0 aliphatic heterocycles. The summed E-state index contributed by atoms with van der Waals surface area (Å²) in [4.78, 5) is 12.4. The zero-order valence-electron chi connectivity index (χ0n) is 15.7. The molecule has 144 valence electrons. The van der Waals surface area contributed by atoms with Crippen molar-refractivity contribution in [3.8, 4) is 11.5 Å². The molecule has 6 nitrogen and oxygen atoms in total. The second kappa shape index (κ2) is 8.73. The first-order chi connectivity index (χ1) is 12.7. The fraction of sp³-hybridized carbons (Fsp3) is 0.250. The average molecular weight is 389 g/mol. The lowest BCUT2D eigenvalue weighted by molar-refractivity contribution is -0.117. The monoisotopic (exact) mass is 389 g/mol. The molecule has 7 heteroatoms. The van der Waals surface area contributed by atoms with Crippen LogP contribution < -0.4 is 14.8 Å². The Morgan fingerprint density at radius 1 is 1.04 bits per heavy atom. The van der Waals surface area contributed by atoms with Crippen molar-refractivity contribution < 1.29 is 22.7 Å². The van der Waals surface area contributed by atoms with Gasteiger partial charge in [0, 0.05) is 18.4 Å². The Bertz CT molecular complexity index is 911. The fourth-order valence-electron chi connectivity index (χ4n) is 2.45. The van der Waals surface area contributed by atoms with Crippen molar-refractivity contribution in [2.45, 2.75) is 17.9 Å². The van der Waals surface area contributed by atoms with Gasteiger partial charge in [-0.3, -0.25) is 4.79 Å². The summed E-state index contributed by atoms with van der Waals surface area (Å²) in [6.45, 7) is 1.83. The molecule has 0 bridgehead atoms. The number of methoxy groups -OCH3 is 2. The van der Waals surface area contributed by atoms with E-state index in [4.69, 9.17) is 9.47 Å². The maximum atomic E-state index is 12.2. The molecule has 2 rings (SSSR count). The van der Waals surface area contributed by atoms with Crippen LogP contribution in [0, 0.1) is 0 Å². The summed E-state index contributed by atoms with van der Waals surface area (Å²) >= 11 is 0. The third kappa shape index (κ3) is 5.86. The molecule has 0 radical (unpaired) electrons. The van der Waals surface area contributed by atoms with Crippen LogP contribution in [0.1, 0.15) is 24.1 Å². The molecule has 2 aromatic rings. The molecule has 0 spiro atoms. The standard InChI is InChI=1S/C20H23NO5S/c1-14(16-6-8-19(9-7-16)27(4,23)24)21-20(22)10-5-15-11-17(25-2)13-18(12-15)26-3/h5-14H,1-4H3,(H,21,22)/b10-5+/t14-/m1/s1. The molecule has 0 unspecified atom stereocenters. The lowest BCUT2D eigenvalue weighted by Gasteiger charge is -2.13. The van der Waals surface area contributed by atoms with Gasteiger partial charge in [0.1, 0.15) is 11.5 Å². The van der Waals surface area contributed by atoms with E-state index < -0.39 is 9.84 Å². The quantitative estimate of drug-likeness (QED) is 0.736. The molecular weight excluding hydrogens is 366 g/mol. The number of benzene rings is 2. The zero-order chi connectivity index (χ0) is 20.0. The Balaban J connectivity index is 2.05. The van der Waals surface area contributed by atoms with E-state index in [9.17, 15) is 13.2 Å². The van der Waals surface area contributed by atoms with E-state index in [2.05, 4.69) is 5.32 Å². The molecular formula is C20H23NO5S. The van der Waals surface area contributed by atoms with Crippen molar-refractivity contribution in [2.75, 3.05) is 20.5 Å². The predicted octanol–water partition coefficient (Wildman–Crippen LogP) is 3.00. The molecule has 0 aliphatic carbocycles. The van der Waals surface area contributed by atoms with Gasteiger partial charge in [-0.05, 0) is 48.4 Å². The first-order valence-electron chi connectivity index (χ1n) is 8.24. The van der Waals surface area contributed by atoms with E-state index in [1.807, 2.05) is 6.92 Å². The molecule has 2 aromatic carbocycles. The minimum Gasteiger partial charge on any atom is -0.497 e. The van der Waals surface area contributed by atoms with Crippen molar-refractivity contribution in [1.82, 2.24) is 5.32 Å². The van der Waals surface area contributed by atoms with Crippen LogP contribution >= 0.6 is 0 Å². The Hall–Kier alpha value is -2.80. The van der Waals surface area contributed by atoms with E-state index >= 15 is 0 Å². The van der Waals surface area contributed by atoms with Crippen LogP contribution in [0.3, 0.4) is 0 Å². The molecule has 27 heavy (non-hydrogen) atoms. The molecule has 0 saturated carbocycles. The van der Waals surface area contributed by atoms with Crippen molar-refractivity contribution in [3.63, 3.8) is 0 Å². The Kier molecular flexibility index (Phi) is 6.63. The minimum absolute atomic E-state index is 0.247. The average Bonchev–Trinajstić information content (AvgIpc) is 2.65. The lowest BCUT2D eigenvalue weighted by Crippen LogP contribution is -2.24. The van der Waals surface area contributed by atoms with Gasteiger partial charge in [-0.1, -0.05) is 12.1 Å². The Labute approximate surface area is 159 Å². The van der Waals surface area contributed by atoms with Gasteiger partial charge in [-0.2, -0.15) is 0 Å². The van der Waals surface area contributed by atoms with Gasteiger partial charge in [0.15, 0.2) is 9.84 Å². The maximum Gasteiger partial charge on any atom is 0.244 e. The zero-order valence-corrected chi connectivity index (χ0v) is 16.5. The third-order valence-electron chi connectivity index (χ3n) is 3.97. The first kappa shape index (κ1) is 20.5. The number of carbonyl (C=O) groups excluding carboxylic acids is 1. The number of rotatable bonds is 7. The van der Waals surface area contributed by atoms with Gasteiger partial charge in [-0.15, -0.1) is 0 Å². The van der Waals surface area contributed by atoms with E-state index in [0.29, 0.717) is 11.5 Å². The first-order valence-corrected chi connectivity index (χ1v) is 10.1. The highest BCUT2D eigenvalue weighted by Crippen LogP contribution is 2.23. The number of ether oxygens (including phenoxy) is 2. The Morgan fingerprint density at radius 3 is 2.07 bits per heavy atom. The van der Waals surface area contributed by atoms with Gasteiger partial charge in [0.25, 0.3) is 0 Å². The van der Waals surface area contributed by atoms with Crippen LogP contribution in [0.15, 0.2) is 53.4 Å². The summed E-state index contributed by atoms with van der Waals surface area (Å²) in [6.07, 6.45) is 4.25. The van der Waals surface area contributed by atoms with Crippen molar-refractivity contribution in [2.24, 2.45) is 0 Å². The third-order valence-corrected chi connectivity index (χ3v) is 5.10. The fourth-order valence-corrected chi connectivity index (χ4v) is 3.08. The molecule has 0 heterocycles. The number of hydrogen-bond donors (Lipinski definition) is 1. The summed E-state index contributed by atoms with van der Waals surface area (Å²) < 4.78 is 33.4. The highest BCUT2D eigenvalue weighted by Gasteiger charge is 2.11. The summed E-state index contributed by atoms with van der Waals surface area (Å²) in [5.41, 5.74) is 1.58. The van der Waals surface area contributed by atoms with Gasteiger partial charge < -0.3 is 14.8 Å². The smallest absolute Gasteiger partial charge is 0.244 e. The number of carbonyl (C=O) groups is 1. The molecule has 0 saturated heterocycles. The predicted molar refractivity (Wildman–Crippen MR) is 105 cm³/mol. The molecule has 1 amide bonds. The van der Waals surface area contributed by atoms with Gasteiger partial charge in [-0.25, -0.2) is 8.42 Å². The maximum absolute atomic E-state index is 12.2. The van der Waals surface area contributed by atoms with Crippen molar-refractivity contribution in [3.05, 3.63) is 59.7 Å². The SMILES string of the molecule is COc1cc(/C=C/C(=O)N[C@H](C)c2ccc(S(C)(=O)=O)cc2)cc(OC)c1. The highest BCUT2D eigenvalue weighted by atomic mass is 32.2. The van der Waals surface area contributed by atoms with Gasteiger partial charge >= 0.3 is 0 Å². The lowest BCUT2D eigenvalue weighted by atomic mass is 10.1. The van der Waals surface area contributed by atoms with Crippen molar-refractivity contribution >= 4 is 21.8 Å². The van der Waals surface area contributed by atoms with Crippen LogP contribution in [0.25, 0.3) is 6.08 Å². The number of nitrogens with one attached hydrogen (secondary N) is 1. The number of hydrogen-bond acceptors (Lipinski definition) is 5. The van der Waals surface area contributed by atoms with E-state index in [1.54, 1.807) is 50.6 Å². The second-order valence-corrected chi connectivity index (χ2v) is 8.07. The topological polar surface area (TPSA) is 81.7 Å². The van der Waals surface area contributed by atoms with Crippen LogP contribution in [0.2, 0.25) is 0 Å². The van der Waals surface area contributed by atoms with Gasteiger partial charge in [0.2, 0.25) is 5.91 Å². The highest BCUT2D eigenvalue weighted by molar-refractivity contribution is 7.90. The normalized spacial score (nSPS) is 12.6. The summed E-state index contributed by atoms with van der Waals surface area (Å²) in [7, 11) is -0.116. The van der Waals surface area contributed by atoms with Gasteiger partial charge in [0.05, 0.1) is 25.2 Å². The molecule has 0 fully saturated rings. The second-order valence-electron chi connectivity index (χ2n) is 6.05. The van der Waals surface area contributed by atoms with Crippen LogP contribution in [-0.4, -0.2) is 34.8 Å². The van der Waals surface area contributed by atoms with E-state index in [0.717, 1.165) is 17.4 Å². The summed E-state index contributed by atoms with van der Waals surface area (Å²) in [6, 6.07) is 11.5. The van der Waals surface area contributed by atoms with Crippen molar-refractivity contribution in [1.29, 1.82) is 0 Å². The molecule has 0 aliphatic rings. The number of amides is 1. The van der Waals surface area contributed by atoms with Crippen LogP contribution in [-0.2, 0) is 14.6 Å². The number of sulfone groups is 1. The summed E-state index contributed by atoms with van der Waals surface area (Å²) in [5.74, 6) is 0.999. The van der Waals surface area contributed by atoms with E-state index in [1.165, 1.54) is 18.2 Å². The van der Waals surface area contributed by atoms with Crippen LogP contribution in [0.4, 0.5) is 0 Å². The van der Waals surface area contributed by atoms with Crippen LogP contribution in [0.5, 0.6) is 11.5 Å². The Morgan fingerprint density at radius 2 is 1.59 bits per heavy atom. The molecule has 0 aromatic heterocycles. The minimum atomic E-state index is -3.24. The molecule has 1 N–H and O–H groups in total. The molecule has 1 atom stereocenters. The largest absolute Gasteiger partial charge is 0.497 e. The summed E-state index contributed by atoms with van der Waals surface area (Å²) in [5, 5.41) is 2.84.